The van der Waals surface area contributed by atoms with Gasteiger partial charge < -0.3 is 15.4 Å². The van der Waals surface area contributed by atoms with Crippen molar-refractivity contribution in [2.45, 2.75) is 45.1 Å². The van der Waals surface area contributed by atoms with Crippen molar-refractivity contribution in [1.82, 2.24) is 10.6 Å². The van der Waals surface area contributed by atoms with E-state index in [1.165, 1.54) is 6.42 Å². The van der Waals surface area contributed by atoms with Crippen LogP contribution in [0.25, 0.3) is 0 Å². The zero-order valence-corrected chi connectivity index (χ0v) is 10.3. The Morgan fingerprint density at radius 1 is 1.31 bits per heavy atom. The van der Waals surface area contributed by atoms with E-state index in [1.807, 2.05) is 0 Å². The summed E-state index contributed by atoms with van der Waals surface area (Å²) in [5.74, 6) is 0.120. The summed E-state index contributed by atoms with van der Waals surface area (Å²) in [6.45, 7) is 5.09. The molecule has 1 fully saturated rings. The summed E-state index contributed by atoms with van der Waals surface area (Å²) in [5, 5.41) is 6.06. The Labute approximate surface area is 98.1 Å². The van der Waals surface area contributed by atoms with Crippen LogP contribution in [-0.2, 0) is 9.53 Å². The molecule has 0 saturated heterocycles. The summed E-state index contributed by atoms with van der Waals surface area (Å²) in [6.07, 6.45) is 5.59. The molecule has 2 N–H and O–H groups in total. The zero-order valence-electron chi connectivity index (χ0n) is 10.3. The van der Waals surface area contributed by atoms with E-state index in [-0.39, 0.29) is 5.91 Å². The van der Waals surface area contributed by atoms with Crippen LogP contribution in [0.15, 0.2) is 0 Å². The van der Waals surface area contributed by atoms with Crippen molar-refractivity contribution in [1.29, 1.82) is 0 Å². The topological polar surface area (TPSA) is 50.4 Å². The van der Waals surface area contributed by atoms with E-state index in [0.29, 0.717) is 12.6 Å². The molecule has 1 saturated carbocycles. The maximum Gasteiger partial charge on any atom is 0.234 e. The smallest absolute Gasteiger partial charge is 0.234 e. The summed E-state index contributed by atoms with van der Waals surface area (Å²) >= 11 is 0. The molecule has 0 heterocycles. The monoisotopic (exact) mass is 228 g/mol. The Morgan fingerprint density at radius 3 is 2.75 bits per heavy atom. The first-order valence-electron chi connectivity index (χ1n) is 6.40. The molecule has 0 aromatic heterocycles. The summed E-state index contributed by atoms with van der Waals surface area (Å²) in [7, 11) is 0. The highest BCUT2D eigenvalue weighted by Crippen LogP contribution is 2.18. The molecule has 1 aliphatic carbocycles. The van der Waals surface area contributed by atoms with Gasteiger partial charge in [0.15, 0.2) is 0 Å². The highest BCUT2D eigenvalue weighted by atomic mass is 16.5. The Balaban J connectivity index is 1.75. The van der Waals surface area contributed by atoms with E-state index < -0.39 is 0 Å². The van der Waals surface area contributed by atoms with Crippen LogP contribution in [0.3, 0.4) is 0 Å². The van der Waals surface area contributed by atoms with Crippen molar-refractivity contribution < 1.29 is 9.53 Å². The Morgan fingerprint density at radius 2 is 2.06 bits per heavy atom. The number of ether oxygens (including phenoxy) is 1. The van der Waals surface area contributed by atoms with E-state index in [4.69, 9.17) is 4.74 Å². The Bertz CT molecular complexity index is 193. The number of hydrogen-bond donors (Lipinski definition) is 2. The van der Waals surface area contributed by atoms with Crippen LogP contribution in [0.2, 0.25) is 0 Å². The molecular formula is C12H24N2O2. The predicted octanol–water partition coefficient (Wildman–Crippen LogP) is 1.06. The van der Waals surface area contributed by atoms with Crippen LogP contribution in [0.4, 0.5) is 0 Å². The summed E-state index contributed by atoms with van der Waals surface area (Å²) < 4.78 is 5.42. The fraction of sp³-hybridized carbons (Fsp3) is 0.917. The number of carbonyl (C=O) groups excluding carboxylic acids is 1. The maximum atomic E-state index is 11.3. The highest BCUT2D eigenvalue weighted by Gasteiger charge is 2.22. The first-order chi connectivity index (χ1) is 7.83. The molecule has 0 radical (unpaired) electrons. The van der Waals surface area contributed by atoms with Gasteiger partial charge in [0.05, 0.1) is 6.54 Å². The lowest BCUT2D eigenvalue weighted by atomic mass is 10.3. The third-order valence-electron chi connectivity index (χ3n) is 2.51. The first kappa shape index (κ1) is 13.5. The maximum absolute atomic E-state index is 11.3. The van der Waals surface area contributed by atoms with E-state index in [1.54, 1.807) is 0 Å². The van der Waals surface area contributed by atoms with Crippen LogP contribution in [0.1, 0.15) is 39.0 Å². The molecule has 1 aliphatic rings. The molecule has 0 spiro atoms. The molecule has 0 unspecified atom stereocenters. The van der Waals surface area contributed by atoms with E-state index in [2.05, 4.69) is 17.6 Å². The van der Waals surface area contributed by atoms with Crippen molar-refractivity contribution in [3.05, 3.63) is 0 Å². The zero-order chi connectivity index (χ0) is 11.6. The van der Waals surface area contributed by atoms with Gasteiger partial charge >= 0.3 is 0 Å². The van der Waals surface area contributed by atoms with Gasteiger partial charge in [0.25, 0.3) is 0 Å². The lowest BCUT2D eigenvalue weighted by Gasteiger charge is -2.06. The van der Waals surface area contributed by atoms with Crippen LogP contribution >= 0.6 is 0 Å². The van der Waals surface area contributed by atoms with Gasteiger partial charge in [0.1, 0.15) is 0 Å². The quantitative estimate of drug-likeness (QED) is 0.550. The number of hydrogen-bond acceptors (Lipinski definition) is 3. The number of nitrogens with one attached hydrogen (secondary N) is 2. The molecule has 1 rings (SSSR count). The summed E-state index contributed by atoms with van der Waals surface area (Å²) in [6, 6.07) is 0.465. The molecule has 16 heavy (non-hydrogen) atoms. The Hall–Kier alpha value is -0.610. The second kappa shape index (κ2) is 8.53. The van der Waals surface area contributed by atoms with Gasteiger partial charge in [-0.2, -0.15) is 0 Å². The van der Waals surface area contributed by atoms with Crippen molar-refractivity contribution in [2.75, 3.05) is 26.3 Å². The van der Waals surface area contributed by atoms with Crippen LogP contribution in [0, 0.1) is 0 Å². The highest BCUT2D eigenvalue weighted by molar-refractivity contribution is 5.78. The van der Waals surface area contributed by atoms with Gasteiger partial charge in [-0.3, -0.25) is 4.79 Å². The second-order valence-electron chi connectivity index (χ2n) is 4.34. The minimum absolute atomic E-state index is 0.120. The summed E-state index contributed by atoms with van der Waals surface area (Å²) in [5.41, 5.74) is 0. The molecule has 94 valence electrons. The molecule has 4 nitrogen and oxygen atoms in total. The van der Waals surface area contributed by atoms with Crippen LogP contribution in [0.5, 0.6) is 0 Å². The van der Waals surface area contributed by atoms with Gasteiger partial charge in [-0.1, -0.05) is 13.3 Å². The van der Waals surface area contributed by atoms with Crippen molar-refractivity contribution in [3.8, 4) is 0 Å². The second-order valence-corrected chi connectivity index (χ2v) is 4.34. The number of unbranched alkanes of at least 4 members (excludes halogenated alkanes) is 1. The van der Waals surface area contributed by atoms with Crippen LogP contribution in [-0.4, -0.2) is 38.3 Å². The van der Waals surface area contributed by atoms with Gasteiger partial charge in [-0.05, 0) is 32.2 Å². The standard InChI is InChI=1S/C12H24N2O2/c1-2-3-8-16-9-4-7-13-10-12(15)14-11-5-6-11/h11,13H,2-10H2,1H3,(H,14,15). The largest absolute Gasteiger partial charge is 0.381 e. The minimum atomic E-state index is 0.120. The van der Waals surface area contributed by atoms with Gasteiger partial charge in [-0.15, -0.1) is 0 Å². The number of amides is 1. The predicted molar refractivity (Wildman–Crippen MR) is 64.4 cm³/mol. The van der Waals surface area contributed by atoms with E-state index in [9.17, 15) is 4.79 Å². The van der Waals surface area contributed by atoms with Crippen molar-refractivity contribution in [2.24, 2.45) is 0 Å². The molecule has 0 aromatic carbocycles. The number of rotatable bonds is 10. The minimum Gasteiger partial charge on any atom is -0.381 e. The van der Waals surface area contributed by atoms with E-state index in [0.717, 1.165) is 45.4 Å². The molecule has 0 aliphatic heterocycles. The SMILES string of the molecule is CCCCOCCCNCC(=O)NC1CC1. The fourth-order valence-electron chi connectivity index (χ4n) is 1.36. The molecular weight excluding hydrogens is 204 g/mol. The normalized spacial score (nSPS) is 15.1. The van der Waals surface area contributed by atoms with Gasteiger partial charge in [-0.25, -0.2) is 0 Å². The van der Waals surface area contributed by atoms with E-state index >= 15 is 0 Å². The first-order valence-corrected chi connectivity index (χ1v) is 6.40. The molecule has 0 bridgehead atoms. The Kier molecular flexibility index (Phi) is 7.17. The fourth-order valence-corrected chi connectivity index (χ4v) is 1.36. The van der Waals surface area contributed by atoms with Crippen molar-refractivity contribution in [3.63, 3.8) is 0 Å². The average Bonchev–Trinajstić information content (AvgIpc) is 3.06. The number of carbonyl (C=O) groups is 1. The third kappa shape index (κ3) is 7.65. The molecule has 1 amide bonds. The third-order valence-corrected chi connectivity index (χ3v) is 2.51. The van der Waals surface area contributed by atoms with Gasteiger partial charge in [0.2, 0.25) is 5.91 Å². The molecule has 0 atom stereocenters. The molecule has 0 aromatic rings. The lowest BCUT2D eigenvalue weighted by molar-refractivity contribution is -0.120. The molecule has 4 heteroatoms. The summed E-state index contributed by atoms with van der Waals surface area (Å²) in [4.78, 5) is 11.3. The van der Waals surface area contributed by atoms with Crippen LogP contribution < -0.4 is 10.6 Å². The van der Waals surface area contributed by atoms with Gasteiger partial charge in [0, 0.05) is 19.3 Å². The van der Waals surface area contributed by atoms with Crippen molar-refractivity contribution >= 4 is 5.91 Å². The lowest BCUT2D eigenvalue weighted by Crippen LogP contribution is -2.35. The average molecular weight is 228 g/mol.